The Balaban J connectivity index is 0.00000161. The zero-order chi connectivity index (χ0) is 13.9. The molecule has 0 aromatic heterocycles. The molecule has 0 radical (unpaired) electrons. The highest BCUT2D eigenvalue weighted by Crippen LogP contribution is 2.27. The molecule has 3 heteroatoms. The summed E-state index contributed by atoms with van der Waals surface area (Å²) < 4.78 is 0. The smallest absolute Gasteiger partial charge is 0.0419 e. The minimum atomic E-state index is 0. The van der Waals surface area contributed by atoms with Crippen molar-refractivity contribution in [3.05, 3.63) is 64.7 Å². The largest absolute Gasteiger partial charge is 0.384 e. The normalized spacial score (nSPS) is 12.7. The van der Waals surface area contributed by atoms with E-state index in [1.807, 2.05) is 0 Å². The summed E-state index contributed by atoms with van der Waals surface area (Å²) >= 11 is 0. The van der Waals surface area contributed by atoms with Gasteiger partial charge in [-0.25, -0.2) is 0 Å². The van der Waals surface area contributed by atoms with Gasteiger partial charge in [0.25, 0.3) is 0 Å². The minimum Gasteiger partial charge on any atom is -0.384 e. The number of halogens is 1. The quantitative estimate of drug-likeness (QED) is 0.918. The molecule has 1 aliphatic rings. The molecule has 0 aliphatic carbocycles. The number of hydrogen-bond acceptors (Lipinski definition) is 2. The van der Waals surface area contributed by atoms with E-state index in [0.29, 0.717) is 0 Å². The average molecular weight is 303 g/mol. The number of hydrogen-bond donors (Lipinski definition) is 1. The number of rotatable bonds is 4. The van der Waals surface area contributed by atoms with E-state index < -0.39 is 0 Å². The van der Waals surface area contributed by atoms with E-state index in [2.05, 4.69) is 66.7 Å². The Labute approximate surface area is 133 Å². The number of benzene rings is 2. The number of nitrogens with one attached hydrogen (secondary N) is 1. The van der Waals surface area contributed by atoms with Gasteiger partial charge in [0.1, 0.15) is 0 Å². The molecule has 0 bridgehead atoms. The molecule has 2 aromatic carbocycles. The third kappa shape index (κ3) is 3.78. The molecule has 21 heavy (non-hydrogen) atoms. The zero-order valence-corrected chi connectivity index (χ0v) is 13.5. The SMILES string of the molecule is Cc1cccc(CN(C)Cc2cccc3c2NCC3)c1.Cl. The number of aryl methyl sites for hydroxylation is 1. The van der Waals surface area contributed by atoms with Crippen LogP contribution in [0.4, 0.5) is 5.69 Å². The van der Waals surface area contributed by atoms with Crippen LogP contribution in [-0.2, 0) is 19.5 Å². The predicted molar refractivity (Wildman–Crippen MR) is 92.2 cm³/mol. The minimum absolute atomic E-state index is 0. The third-order valence-electron chi connectivity index (χ3n) is 3.91. The van der Waals surface area contributed by atoms with E-state index in [0.717, 1.165) is 26.1 Å². The van der Waals surface area contributed by atoms with Crippen LogP contribution in [0.1, 0.15) is 22.3 Å². The van der Waals surface area contributed by atoms with Crippen LogP contribution < -0.4 is 5.32 Å². The standard InChI is InChI=1S/C18H22N2.ClH/c1-14-5-3-6-15(11-14)12-20(2)13-17-8-4-7-16-9-10-19-18(16)17;/h3-8,11,19H,9-10,12-13H2,1-2H3;1H. The van der Waals surface area contributed by atoms with Crippen molar-refractivity contribution < 1.29 is 0 Å². The first-order chi connectivity index (χ1) is 9.72. The van der Waals surface area contributed by atoms with Gasteiger partial charge in [-0.05, 0) is 37.1 Å². The molecule has 0 amide bonds. The second-order valence-corrected chi connectivity index (χ2v) is 5.79. The summed E-state index contributed by atoms with van der Waals surface area (Å²) in [6.07, 6.45) is 1.16. The Hall–Kier alpha value is -1.51. The molecule has 2 nitrogen and oxygen atoms in total. The summed E-state index contributed by atoms with van der Waals surface area (Å²) in [6.45, 7) is 5.21. The van der Waals surface area contributed by atoms with Crippen LogP contribution in [0.15, 0.2) is 42.5 Å². The molecule has 0 atom stereocenters. The molecule has 0 fully saturated rings. The number of para-hydroxylation sites is 1. The van der Waals surface area contributed by atoms with Gasteiger partial charge in [0.2, 0.25) is 0 Å². The van der Waals surface area contributed by atoms with E-state index in [-0.39, 0.29) is 12.4 Å². The summed E-state index contributed by atoms with van der Waals surface area (Å²) in [4.78, 5) is 2.38. The first kappa shape index (κ1) is 15.9. The Morgan fingerprint density at radius 1 is 1.10 bits per heavy atom. The molecule has 1 aliphatic heterocycles. The highest BCUT2D eigenvalue weighted by Gasteiger charge is 2.14. The highest BCUT2D eigenvalue weighted by molar-refractivity contribution is 5.85. The van der Waals surface area contributed by atoms with Crippen molar-refractivity contribution in [3.8, 4) is 0 Å². The van der Waals surface area contributed by atoms with Crippen LogP contribution in [0, 0.1) is 6.92 Å². The molecule has 0 spiro atoms. The summed E-state index contributed by atoms with van der Waals surface area (Å²) in [5.74, 6) is 0. The molecular weight excluding hydrogens is 280 g/mol. The highest BCUT2D eigenvalue weighted by atomic mass is 35.5. The van der Waals surface area contributed by atoms with Crippen LogP contribution in [0.2, 0.25) is 0 Å². The van der Waals surface area contributed by atoms with E-state index in [9.17, 15) is 0 Å². The van der Waals surface area contributed by atoms with Gasteiger partial charge in [-0.1, -0.05) is 48.0 Å². The molecule has 0 unspecified atom stereocenters. The Morgan fingerprint density at radius 3 is 2.71 bits per heavy atom. The fourth-order valence-corrected chi connectivity index (χ4v) is 3.01. The third-order valence-corrected chi connectivity index (χ3v) is 3.91. The van der Waals surface area contributed by atoms with Crippen LogP contribution in [0.25, 0.3) is 0 Å². The van der Waals surface area contributed by atoms with Crippen LogP contribution in [-0.4, -0.2) is 18.5 Å². The molecule has 3 rings (SSSR count). The first-order valence-corrected chi connectivity index (χ1v) is 7.31. The van der Waals surface area contributed by atoms with Crippen LogP contribution >= 0.6 is 12.4 Å². The summed E-state index contributed by atoms with van der Waals surface area (Å²) in [6, 6.07) is 15.4. The Bertz CT molecular complexity index is 610. The Kier molecular flexibility index (Phi) is 5.27. The fourth-order valence-electron chi connectivity index (χ4n) is 3.01. The van der Waals surface area contributed by atoms with Gasteiger partial charge in [-0.2, -0.15) is 0 Å². The molecule has 2 aromatic rings. The molecule has 1 heterocycles. The van der Waals surface area contributed by atoms with Crippen molar-refractivity contribution in [2.75, 3.05) is 18.9 Å². The summed E-state index contributed by atoms with van der Waals surface area (Å²) in [7, 11) is 2.19. The summed E-state index contributed by atoms with van der Waals surface area (Å²) in [5, 5.41) is 3.52. The van der Waals surface area contributed by atoms with Crippen molar-refractivity contribution in [2.24, 2.45) is 0 Å². The lowest BCUT2D eigenvalue weighted by atomic mass is 10.1. The monoisotopic (exact) mass is 302 g/mol. The van der Waals surface area contributed by atoms with Gasteiger partial charge in [0, 0.05) is 25.3 Å². The van der Waals surface area contributed by atoms with Crippen molar-refractivity contribution in [3.63, 3.8) is 0 Å². The lowest BCUT2D eigenvalue weighted by Gasteiger charge is -2.19. The lowest BCUT2D eigenvalue weighted by molar-refractivity contribution is 0.319. The first-order valence-electron chi connectivity index (χ1n) is 7.31. The van der Waals surface area contributed by atoms with Gasteiger partial charge < -0.3 is 5.32 Å². The number of nitrogens with zero attached hydrogens (tertiary/aromatic N) is 1. The van der Waals surface area contributed by atoms with Crippen molar-refractivity contribution >= 4 is 18.1 Å². The van der Waals surface area contributed by atoms with Gasteiger partial charge in [-0.3, -0.25) is 4.90 Å². The Morgan fingerprint density at radius 2 is 1.90 bits per heavy atom. The topological polar surface area (TPSA) is 15.3 Å². The maximum atomic E-state index is 3.52. The zero-order valence-electron chi connectivity index (χ0n) is 12.7. The maximum absolute atomic E-state index is 3.52. The van der Waals surface area contributed by atoms with E-state index >= 15 is 0 Å². The van der Waals surface area contributed by atoms with Crippen molar-refractivity contribution in [1.29, 1.82) is 0 Å². The summed E-state index contributed by atoms with van der Waals surface area (Å²) in [5.41, 5.74) is 6.96. The van der Waals surface area contributed by atoms with Crippen LogP contribution in [0.5, 0.6) is 0 Å². The maximum Gasteiger partial charge on any atom is 0.0419 e. The molecule has 112 valence electrons. The van der Waals surface area contributed by atoms with E-state index in [1.165, 1.54) is 27.9 Å². The fraction of sp³-hybridized carbons (Fsp3) is 0.333. The van der Waals surface area contributed by atoms with Gasteiger partial charge >= 0.3 is 0 Å². The lowest BCUT2D eigenvalue weighted by Crippen LogP contribution is -2.18. The second kappa shape index (κ2) is 6.97. The number of fused-ring (bicyclic) bond motifs is 1. The molecule has 1 N–H and O–H groups in total. The number of anilines is 1. The predicted octanol–water partition coefficient (Wildman–Crippen LogP) is 4.02. The molecule has 0 saturated heterocycles. The van der Waals surface area contributed by atoms with Gasteiger partial charge in [0.15, 0.2) is 0 Å². The molecular formula is C18H23ClN2. The van der Waals surface area contributed by atoms with Gasteiger partial charge in [-0.15, -0.1) is 12.4 Å². The second-order valence-electron chi connectivity index (χ2n) is 5.79. The van der Waals surface area contributed by atoms with Crippen molar-refractivity contribution in [2.45, 2.75) is 26.4 Å². The van der Waals surface area contributed by atoms with Gasteiger partial charge in [0.05, 0.1) is 0 Å². The average Bonchev–Trinajstić information content (AvgIpc) is 2.88. The van der Waals surface area contributed by atoms with Crippen molar-refractivity contribution in [1.82, 2.24) is 4.90 Å². The van der Waals surface area contributed by atoms with E-state index in [4.69, 9.17) is 0 Å². The molecule has 0 saturated carbocycles. The van der Waals surface area contributed by atoms with Crippen LogP contribution in [0.3, 0.4) is 0 Å². The van der Waals surface area contributed by atoms with E-state index in [1.54, 1.807) is 0 Å².